The molecule has 1 fully saturated rings. The Kier molecular flexibility index (Phi) is 6.90. The quantitative estimate of drug-likeness (QED) is 0.641. The van der Waals surface area contributed by atoms with Gasteiger partial charge in [0.2, 0.25) is 5.91 Å². The van der Waals surface area contributed by atoms with Crippen molar-refractivity contribution in [3.05, 3.63) is 82.6 Å². The van der Waals surface area contributed by atoms with E-state index in [4.69, 9.17) is 0 Å². The summed E-state index contributed by atoms with van der Waals surface area (Å²) < 4.78 is 41.2. The van der Waals surface area contributed by atoms with Crippen molar-refractivity contribution in [2.45, 2.75) is 31.5 Å². The number of alkyl halides is 3. The number of halogens is 3. The van der Waals surface area contributed by atoms with Crippen molar-refractivity contribution >= 4 is 17.8 Å². The summed E-state index contributed by atoms with van der Waals surface area (Å²) in [6.07, 6.45) is -1.98. The summed E-state index contributed by atoms with van der Waals surface area (Å²) in [4.78, 5) is 43.5. The SMILES string of the molecule is CN1C(=O)N[C@@H](c2ccccc2C(F)(F)F)C2=C1CN(CC(=O)N1CCC(Cc3ccccc3)CC1)C2=O. The molecule has 38 heavy (non-hydrogen) atoms. The van der Waals surface area contributed by atoms with Gasteiger partial charge in [-0.25, -0.2) is 4.79 Å². The summed E-state index contributed by atoms with van der Waals surface area (Å²) in [5.74, 6) is -0.268. The van der Waals surface area contributed by atoms with Crippen LogP contribution in [0, 0.1) is 5.92 Å². The molecule has 4 amide bonds. The predicted octanol–water partition coefficient (Wildman–Crippen LogP) is 3.98. The first-order valence-electron chi connectivity index (χ1n) is 12.7. The van der Waals surface area contributed by atoms with Gasteiger partial charge in [-0.3, -0.25) is 14.5 Å². The molecular weight excluding hydrogens is 497 g/mol. The molecule has 3 heterocycles. The number of piperidine rings is 1. The van der Waals surface area contributed by atoms with Crippen LogP contribution in [0.2, 0.25) is 0 Å². The normalized spacial score (nSPS) is 20.6. The highest BCUT2D eigenvalue weighted by Gasteiger charge is 2.46. The smallest absolute Gasteiger partial charge is 0.341 e. The minimum Gasteiger partial charge on any atom is -0.341 e. The van der Waals surface area contributed by atoms with Gasteiger partial charge in [-0.2, -0.15) is 13.2 Å². The third-order valence-electron chi connectivity index (χ3n) is 7.67. The van der Waals surface area contributed by atoms with Gasteiger partial charge in [-0.05, 0) is 42.4 Å². The van der Waals surface area contributed by atoms with E-state index in [0.29, 0.717) is 24.7 Å². The number of carbonyl (C=O) groups excluding carboxylic acids is 3. The molecule has 1 atom stereocenters. The Labute approximate surface area is 218 Å². The van der Waals surface area contributed by atoms with Gasteiger partial charge in [-0.15, -0.1) is 0 Å². The molecule has 0 aromatic heterocycles. The van der Waals surface area contributed by atoms with Crippen molar-refractivity contribution in [2.24, 2.45) is 5.92 Å². The fraction of sp³-hybridized carbons (Fsp3) is 0.393. The highest BCUT2D eigenvalue weighted by molar-refractivity contribution is 6.03. The lowest BCUT2D eigenvalue weighted by atomic mass is 9.90. The van der Waals surface area contributed by atoms with Gasteiger partial charge in [0, 0.05) is 20.1 Å². The molecule has 0 radical (unpaired) electrons. The maximum Gasteiger partial charge on any atom is 0.416 e. The van der Waals surface area contributed by atoms with E-state index in [0.717, 1.165) is 25.3 Å². The average molecular weight is 527 g/mol. The third-order valence-corrected chi connectivity index (χ3v) is 7.67. The molecule has 7 nitrogen and oxygen atoms in total. The zero-order chi connectivity index (χ0) is 27.0. The summed E-state index contributed by atoms with van der Waals surface area (Å²) in [5.41, 5.74) is 0.539. The topological polar surface area (TPSA) is 73.0 Å². The molecule has 0 aliphatic carbocycles. The Bertz CT molecular complexity index is 1270. The van der Waals surface area contributed by atoms with Crippen LogP contribution >= 0.6 is 0 Å². The molecule has 2 aromatic rings. The standard InChI is InChI=1S/C28H29F3N4O3/c1-33-22-16-35(17-23(36)34-13-11-19(12-14-34)15-18-7-3-2-4-8-18)26(37)24(22)25(32-27(33)38)20-9-5-6-10-21(20)28(29,30)31/h2-10,19,25H,11-17H2,1H3,(H,32,38)/t25-/m0/s1. The number of amides is 4. The van der Waals surface area contributed by atoms with E-state index in [1.54, 1.807) is 4.90 Å². The molecule has 10 heteroatoms. The first kappa shape index (κ1) is 25.8. The van der Waals surface area contributed by atoms with Gasteiger partial charge in [0.25, 0.3) is 5.91 Å². The molecule has 0 spiro atoms. The largest absolute Gasteiger partial charge is 0.416 e. The van der Waals surface area contributed by atoms with Crippen LogP contribution in [-0.2, 0) is 22.2 Å². The Morgan fingerprint density at radius 1 is 1.00 bits per heavy atom. The number of hydrogen-bond acceptors (Lipinski definition) is 3. The van der Waals surface area contributed by atoms with Crippen molar-refractivity contribution < 1.29 is 27.6 Å². The second-order valence-corrected chi connectivity index (χ2v) is 10.1. The summed E-state index contributed by atoms with van der Waals surface area (Å²) in [6, 6.07) is 13.3. The van der Waals surface area contributed by atoms with Gasteiger partial charge in [0.05, 0.1) is 29.4 Å². The van der Waals surface area contributed by atoms with Crippen LogP contribution in [0.3, 0.4) is 0 Å². The first-order chi connectivity index (χ1) is 18.1. The van der Waals surface area contributed by atoms with Crippen molar-refractivity contribution in [1.29, 1.82) is 0 Å². The Morgan fingerprint density at radius 3 is 2.34 bits per heavy atom. The monoisotopic (exact) mass is 526 g/mol. The second-order valence-electron chi connectivity index (χ2n) is 10.1. The van der Waals surface area contributed by atoms with Crippen LogP contribution in [0.4, 0.5) is 18.0 Å². The van der Waals surface area contributed by atoms with Crippen molar-refractivity contribution in [3.8, 4) is 0 Å². The van der Waals surface area contributed by atoms with E-state index in [2.05, 4.69) is 17.4 Å². The number of likely N-dealkylation sites (tertiary alicyclic amines) is 1. The zero-order valence-corrected chi connectivity index (χ0v) is 21.0. The number of nitrogens with one attached hydrogen (secondary N) is 1. The number of carbonyl (C=O) groups is 3. The fourth-order valence-electron chi connectivity index (χ4n) is 5.59. The van der Waals surface area contributed by atoms with E-state index in [-0.39, 0.29) is 30.1 Å². The molecule has 0 saturated carbocycles. The van der Waals surface area contributed by atoms with Crippen LogP contribution in [0.1, 0.15) is 35.6 Å². The molecule has 2 aromatic carbocycles. The van der Waals surface area contributed by atoms with E-state index >= 15 is 0 Å². The molecule has 5 rings (SSSR count). The number of hydrogen-bond donors (Lipinski definition) is 1. The molecule has 1 N–H and O–H groups in total. The van der Waals surface area contributed by atoms with Gasteiger partial charge in [0.15, 0.2) is 0 Å². The van der Waals surface area contributed by atoms with Gasteiger partial charge < -0.3 is 15.1 Å². The molecule has 3 aliphatic rings. The van der Waals surface area contributed by atoms with E-state index < -0.39 is 29.7 Å². The van der Waals surface area contributed by atoms with E-state index in [9.17, 15) is 27.6 Å². The Hall–Kier alpha value is -3.82. The lowest BCUT2D eigenvalue weighted by Crippen LogP contribution is -2.45. The van der Waals surface area contributed by atoms with Crippen LogP contribution in [0.5, 0.6) is 0 Å². The maximum atomic E-state index is 13.7. The molecule has 0 bridgehead atoms. The summed E-state index contributed by atoms with van der Waals surface area (Å²) in [7, 11) is 1.46. The van der Waals surface area contributed by atoms with Crippen molar-refractivity contribution in [3.63, 3.8) is 0 Å². The minimum atomic E-state index is -4.66. The number of nitrogens with zero attached hydrogens (tertiary/aromatic N) is 3. The maximum absolute atomic E-state index is 13.7. The average Bonchev–Trinajstić information content (AvgIpc) is 3.22. The zero-order valence-electron chi connectivity index (χ0n) is 21.0. The van der Waals surface area contributed by atoms with Gasteiger partial charge >= 0.3 is 12.2 Å². The number of urea groups is 1. The van der Waals surface area contributed by atoms with E-state index in [1.165, 1.54) is 40.6 Å². The molecule has 3 aliphatic heterocycles. The van der Waals surface area contributed by atoms with E-state index in [1.807, 2.05) is 18.2 Å². The number of rotatable bonds is 5. The Balaban J connectivity index is 1.28. The van der Waals surface area contributed by atoms with Crippen LogP contribution < -0.4 is 5.32 Å². The lowest BCUT2D eigenvalue weighted by Gasteiger charge is -2.33. The summed E-state index contributed by atoms with van der Waals surface area (Å²) in [6.45, 7) is 0.976. The van der Waals surface area contributed by atoms with Crippen LogP contribution in [0.25, 0.3) is 0 Å². The molecular formula is C28H29F3N4O3. The minimum absolute atomic E-state index is 0.0149. The molecule has 1 saturated heterocycles. The fourth-order valence-corrected chi connectivity index (χ4v) is 5.59. The third kappa shape index (κ3) is 4.99. The first-order valence-corrected chi connectivity index (χ1v) is 12.7. The second kappa shape index (κ2) is 10.2. The van der Waals surface area contributed by atoms with Crippen molar-refractivity contribution in [2.75, 3.05) is 33.2 Å². The van der Waals surface area contributed by atoms with Crippen molar-refractivity contribution in [1.82, 2.24) is 20.0 Å². The molecule has 0 unspecified atom stereocenters. The predicted molar refractivity (Wildman–Crippen MR) is 134 cm³/mol. The Morgan fingerprint density at radius 2 is 1.66 bits per heavy atom. The lowest BCUT2D eigenvalue weighted by molar-refractivity contribution is -0.139. The van der Waals surface area contributed by atoms with Crippen LogP contribution in [-0.4, -0.2) is 65.8 Å². The number of benzene rings is 2. The number of likely N-dealkylation sites (N-methyl/N-ethyl adjacent to an activating group) is 1. The summed E-state index contributed by atoms with van der Waals surface area (Å²) in [5, 5.41) is 2.55. The van der Waals surface area contributed by atoms with Crippen LogP contribution in [0.15, 0.2) is 65.9 Å². The van der Waals surface area contributed by atoms with Gasteiger partial charge in [0.1, 0.15) is 6.54 Å². The summed E-state index contributed by atoms with van der Waals surface area (Å²) >= 11 is 0. The highest BCUT2D eigenvalue weighted by atomic mass is 19.4. The highest BCUT2D eigenvalue weighted by Crippen LogP contribution is 2.41. The van der Waals surface area contributed by atoms with Gasteiger partial charge in [-0.1, -0.05) is 48.5 Å². The molecule has 200 valence electrons.